The zero-order valence-electron chi connectivity index (χ0n) is 13.3. The summed E-state index contributed by atoms with van der Waals surface area (Å²) in [7, 11) is 0. The molecule has 24 heavy (non-hydrogen) atoms. The lowest BCUT2D eigenvalue weighted by atomic mass is 10.0. The van der Waals surface area contributed by atoms with Crippen LogP contribution in [-0.2, 0) is 11.3 Å². The van der Waals surface area contributed by atoms with Gasteiger partial charge in [-0.1, -0.05) is 30.3 Å². The van der Waals surface area contributed by atoms with Crippen LogP contribution in [0.1, 0.15) is 22.8 Å². The first-order valence-corrected chi connectivity index (χ1v) is 7.50. The van der Waals surface area contributed by atoms with Crippen molar-refractivity contribution >= 4 is 11.9 Å². The van der Waals surface area contributed by atoms with Crippen molar-refractivity contribution < 1.29 is 19.7 Å². The summed E-state index contributed by atoms with van der Waals surface area (Å²) < 4.78 is 5.03. The smallest absolute Gasteiger partial charge is 0.407 e. The molecule has 2 unspecified atom stereocenters. The van der Waals surface area contributed by atoms with Gasteiger partial charge in [0.15, 0.2) is 0 Å². The van der Waals surface area contributed by atoms with Gasteiger partial charge in [0.2, 0.25) is 0 Å². The number of nitrogens with one attached hydrogen (secondary N) is 1. The van der Waals surface area contributed by atoms with E-state index in [-0.39, 0.29) is 13.2 Å². The lowest BCUT2D eigenvalue weighted by molar-refractivity contribution is 0.0182. The molecule has 1 heterocycles. The Morgan fingerprint density at radius 2 is 2.04 bits per heavy atom. The number of ether oxygens (including phenoxy) is 1. The Labute approximate surface area is 140 Å². The van der Waals surface area contributed by atoms with Crippen LogP contribution in [0.4, 0.5) is 10.6 Å². The highest BCUT2D eigenvalue weighted by Gasteiger charge is 2.20. The molecule has 0 fully saturated rings. The number of carbonyl (C=O) groups is 1. The third kappa shape index (κ3) is 4.94. The minimum Gasteiger partial charge on any atom is -0.445 e. The van der Waals surface area contributed by atoms with E-state index in [0.29, 0.717) is 16.9 Å². The van der Waals surface area contributed by atoms with Gasteiger partial charge < -0.3 is 26.0 Å². The van der Waals surface area contributed by atoms with Gasteiger partial charge in [0.1, 0.15) is 24.6 Å². The lowest BCUT2D eigenvalue weighted by Gasteiger charge is -2.19. The van der Waals surface area contributed by atoms with E-state index < -0.39 is 18.3 Å². The molecule has 5 N–H and O–H groups in total. The number of aryl methyl sites for hydroxylation is 1. The highest BCUT2D eigenvalue weighted by Crippen LogP contribution is 2.19. The molecule has 1 amide bonds. The van der Waals surface area contributed by atoms with Crippen LogP contribution in [0.3, 0.4) is 0 Å². The second-order valence-electron chi connectivity index (χ2n) is 5.43. The quantitative estimate of drug-likeness (QED) is 0.633. The van der Waals surface area contributed by atoms with E-state index in [1.54, 1.807) is 13.0 Å². The highest BCUT2D eigenvalue weighted by atomic mass is 16.5. The molecule has 7 heteroatoms. The number of carbonyl (C=O) groups excluding carboxylic acids is 1. The predicted molar refractivity (Wildman–Crippen MR) is 89.0 cm³/mol. The molecule has 128 valence electrons. The van der Waals surface area contributed by atoms with Crippen molar-refractivity contribution in [3.05, 3.63) is 59.3 Å². The number of nitrogens with zero attached hydrogens (tertiary/aromatic N) is 1. The Morgan fingerprint density at radius 3 is 2.71 bits per heavy atom. The van der Waals surface area contributed by atoms with Gasteiger partial charge in [-0.2, -0.15) is 0 Å². The van der Waals surface area contributed by atoms with Crippen molar-refractivity contribution in [1.29, 1.82) is 0 Å². The molecule has 1 aromatic carbocycles. The summed E-state index contributed by atoms with van der Waals surface area (Å²) >= 11 is 0. The predicted octanol–water partition coefficient (Wildman–Crippen LogP) is 1.29. The number of alkyl carbamates (subject to hydrolysis) is 1. The number of anilines is 1. The molecule has 0 spiro atoms. The van der Waals surface area contributed by atoms with Gasteiger partial charge in [-0.25, -0.2) is 9.78 Å². The fraction of sp³-hybridized carbons (Fsp3) is 0.294. The van der Waals surface area contributed by atoms with E-state index in [9.17, 15) is 15.0 Å². The third-order valence-electron chi connectivity index (χ3n) is 3.51. The van der Waals surface area contributed by atoms with E-state index in [2.05, 4.69) is 10.3 Å². The van der Waals surface area contributed by atoms with Gasteiger partial charge in [0.05, 0.1) is 0 Å². The van der Waals surface area contributed by atoms with Gasteiger partial charge in [-0.3, -0.25) is 0 Å². The first-order chi connectivity index (χ1) is 11.5. The summed E-state index contributed by atoms with van der Waals surface area (Å²) in [5, 5.41) is 22.5. The molecular formula is C17H21N3O4. The molecule has 0 bridgehead atoms. The van der Waals surface area contributed by atoms with Gasteiger partial charge in [-0.15, -0.1) is 0 Å². The first-order valence-electron chi connectivity index (χ1n) is 7.50. The number of hydrogen-bond acceptors (Lipinski definition) is 6. The van der Waals surface area contributed by atoms with Gasteiger partial charge in [-0.05, 0) is 24.1 Å². The lowest BCUT2D eigenvalue weighted by Crippen LogP contribution is -2.35. The number of aliphatic hydroxyl groups is 2. The van der Waals surface area contributed by atoms with E-state index >= 15 is 0 Å². The zero-order valence-corrected chi connectivity index (χ0v) is 13.3. The maximum Gasteiger partial charge on any atom is 0.407 e. The Hall–Kier alpha value is -2.64. The molecule has 0 aliphatic rings. The number of nitrogens with two attached hydrogens (primary N) is 1. The standard InChI is InChI=1S/C17H21N3O4/c1-11-7-13(8-19-16(11)18)15(22)14(21)9-20-17(23)24-10-12-5-3-2-4-6-12/h2-8,14-15,21-22H,9-10H2,1H3,(H2,18,19)(H,20,23). The summed E-state index contributed by atoms with van der Waals surface area (Å²) in [4.78, 5) is 15.6. The van der Waals surface area contributed by atoms with Crippen LogP contribution in [-0.4, -0.2) is 33.9 Å². The van der Waals surface area contributed by atoms with Crippen LogP contribution >= 0.6 is 0 Å². The fourth-order valence-electron chi connectivity index (χ4n) is 2.06. The van der Waals surface area contributed by atoms with Crippen LogP contribution in [0.5, 0.6) is 0 Å². The maximum atomic E-state index is 11.6. The van der Waals surface area contributed by atoms with Crippen LogP contribution in [0, 0.1) is 6.92 Å². The summed E-state index contributed by atoms with van der Waals surface area (Å²) in [5.74, 6) is 0.364. The molecule has 0 aliphatic heterocycles. The zero-order chi connectivity index (χ0) is 17.5. The van der Waals surface area contributed by atoms with Crippen molar-refractivity contribution in [2.75, 3.05) is 12.3 Å². The molecule has 1 aromatic heterocycles. The number of pyridine rings is 1. The summed E-state index contributed by atoms with van der Waals surface area (Å²) in [6.45, 7) is 1.73. The van der Waals surface area contributed by atoms with Crippen LogP contribution in [0.2, 0.25) is 0 Å². The minimum atomic E-state index is -1.20. The molecule has 2 aromatic rings. The Bertz CT molecular complexity index is 679. The number of aromatic nitrogens is 1. The average molecular weight is 331 g/mol. The average Bonchev–Trinajstić information content (AvgIpc) is 2.60. The number of aliphatic hydroxyl groups excluding tert-OH is 2. The third-order valence-corrected chi connectivity index (χ3v) is 3.51. The van der Waals surface area contributed by atoms with Gasteiger partial charge in [0, 0.05) is 18.3 Å². The molecule has 2 atom stereocenters. The number of benzene rings is 1. The Kier molecular flexibility index (Phi) is 6.11. The largest absolute Gasteiger partial charge is 0.445 e. The molecule has 2 rings (SSSR count). The molecular weight excluding hydrogens is 310 g/mol. The Balaban J connectivity index is 1.80. The van der Waals surface area contributed by atoms with Crippen molar-refractivity contribution in [2.24, 2.45) is 0 Å². The van der Waals surface area contributed by atoms with E-state index in [4.69, 9.17) is 10.5 Å². The highest BCUT2D eigenvalue weighted by molar-refractivity contribution is 5.67. The van der Waals surface area contributed by atoms with Crippen LogP contribution in [0.15, 0.2) is 42.6 Å². The van der Waals surface area contributed by atoms with Crippen LogP contribution < -0.4 is 11.1 Å². The van der Waals surface area contributed by atoms with E-state index in [1.165, 1.54) is 6.20 Å². The number of nitrogen functional groups attached to an aromatic ring is 1. The molecule has 7 nitrogen and oxygen atoms in total. The second-order valence-corrected chi connectivity index (χ2v) is 5.43. The Morgan fingerprint density at radius 1 is 1.33 bits per heavy atom. The number of rotatable bonds is 6. The fourth-order valence-corrected chi connectivity index (χ4v) is 2.06. The van der Waals surface area contributed by atoms with Gasteiger partial charge >= 0.3 is 6.09 Å². The molecule has 0 saturated carbocycles. The van der Waals surface area contributed by atoms with Crippen molar-refractivity contribution in [3.63, 3.8) is 0 Å². The van der Waals surface area contributed by atoms with Crippen molar-refractivity contribution in [2.45, 2.75) is 25.7 Å². The van der Waals surface area contributed by atoms with Crippen molar-refractivity contribution in [1.82, 2.24) is 10.3 Å². The summed E-state index contributed by atoms with van der Waals surface area (Å²) in [5.41, 5.74) is 7.60. The monoisotopic (exact) mass is 331 g/mol. The van der Waals surface area contributed by atoms with Crippen LogP contribution in [0.25, 0.3) is 0 Å². The normalized spacial score (nSPS) is 13.1. The first kappa shape index (κ1) is 17.7. The number of amides is 1. The maximum absolute atomic E-state index is 11.6. The minimum absolute atomic E-state index is 0.131. The summed E-state index contributed by atoms with van der Waals surface area (Å²) in [6, 6.07) is 10.9. The molecule has 0 saturated heterocycles. The van der Waals surface area contributed by atoms with Gasteiger partial charge in [0.25, 0.3) is 0 Å². The number of hydrogen-bond donors (Lipinski definition) is 4. The molecule has 0 radical (unpaired) electrons. The molecule has 0 aliphatic carbocycles. The second kappa shape index (κ2) is 8.28. The van der Waals surface area contributed by atoms with E-state index in [1.807, 2.05) is 30.3 Å². The van der Waals surface area contributed by atoms with Crippen molar-refractivity contribution in [3.8, 4) is 0 Å². The van der Waals surface area contributed by atoms with E-state index in [0.717, 1.165) is 5.56 Å². The topological polar surface area (TPSA) is 118 Å². The summed E-state index contributed by atoms with van der Waals surface area (Å²) in [6.07, 6.45) is -1.66. The SMILES string of the molecule is Cc1cc(C(O)C(O)CNC(=O)OCc2ccccc2)cnc1N.